The summed E-state index contributed by atoms with van der Waals surface area (Å²) in [5, 5.41) is 0. The van der Waals surface area contributed by atoms with Crippen molar-refractivity contribution in [2.75, 3.05) is 13.7 Å². The molecule has 1 unspecified atom stereocenters. The summed E-state index contributed by atoms with van der Waals surface area (Å²) in [5.74, 6) is 2.43. The molecule has 134 valence electrons. The van der Waals surface area contributed by atoms with E-state index < -0.39 is 0 Å². The van der Waals surface area contributed by atoms with E-state index >= 15 is 0 Å². The summed E-state index contributed by atoms with van der Waals surface area (Å²) < 4.78 is 24.4. The average molecular weight is 342 g/mol. The van der Waals surface area contributed by atoms with Gasteiger partial charge in [-0.1, -0.05) is 31.5 Å². The van der Waals surface area contributed by atoms with Gasteiger partial charge in [-0.3, -0.25) is 0 Å². The van der Waals surface area contributed by atoms with Crippen LogP contribution in [0.2, 0.25) is 0 Å². The lowest BCUT2D eigenvalue weighted by Gasteiger charge is -2.12. The molecule has 0 radical (unpaired) electrons. The van der Waals surface area contributed by atoms with Gasteiger partial charge in [-0.25, -0.2) is 4.39 Å². The van der Waals surface area contributed by atoms with Gasteiger partial charge in [-0.15, -0.1) is 0 Å². The van der Waals surface area contributed by atoms with Gasteiger partial charge in [-0.05, 0) is 66.5 Å². The standard InChI is InChI=1S/C22H27FO2/c1-3-16-4-6-19(14-16)18-7-9-20(10-8-18)25-13-12-17-5-11-22(24-2)21(23)15-17/h5,7-11,15-16,19H,3-4,6,12-14H2,1-2H3/t16-,19?/m0/s1. The van der Waals surface area contributed by atoms with Crippen LogP contribution in [0.3, 0.4) is 0 Å². The predicted molar refractivity (Wildman–Crippen MR) is 99.0 cm³/mol. The van der Waals surface area contributed by atoms with Gasteiger partial charge < -0.3 is 9.47 Å². The van der Waals surface area contributed by atoms with E-state index in [0.717, 1.165) is 17.2 Å². The number of ether oxygens (including phenoxy) is 2. The number of methoxy groups -OCH3 is 1. The Morgan fingerprint density at radius 2 is 1.88 bits per heavy atom. The fourth-order valence-electron chi connectivity index (χ4n) is 3.74. The van der Waals surface area contributed by atoms with Crippen LogP contribution >= 0.6 is 0 Å². The lowest BCUT2D eigenvalue weighted by atomic mass is 9.95. The van der Waals surface area contributed by atoms with E-state index in [9.17, 15) is 4.39 Å². The molecule has 0 N–H and O–H groups in total. The molecule has 0 spiro atoms. The highest BCUT2D eigenvalue weighted by molar-refractivity contribution is 5.31. The second-order valence-corrected chi connectivity index (χ2v) is 6.92. The van der Waals surface area contributed by atoms with Crippen LogP contribution in [-0.2, 0) is 6.42 Å². The summed E-state index contributed by atoms with van der Waals surface area (Å²) >= 11 is 0. The zero-order chi connectivity index (χ0) is 17.6. The van der Waals surface area contributed by atoms with Crippen molar-refractivity contribution in [1.82, 2.24) is 0 Å². The molecule has 0 amide bonds. The van der Waals surface area contributed by atoms with Crippen LogP contribution in [0.5, 0.6) is 11.5 Å². The third kappa shape index (κ3) is 4.53. The Morgan fingerprint density at radius 3 is 2.52 bits per heavy atom. The molecule has 1 fully saturated rings. The lowest BCUT2D eigenvalue weighted by Crippen LogP contribution is -2.02. The second kappa shape index (κ2) is 8.37. The number of rotatable bonds is 7. The normalized spacial score (nSPS) is 19.8. The highest BCUT2D eigenvalue weighted by Gasteiger charge is 2.24. The van der Waals surface area contributed by atoms with E-state index in [0.29, 0.717) is 18.9 Å². The van der Waals surface area contributed by atoms with Gasteiger partial charge in [0.05, 0.1) is 13.7 Å². The number of hydrogen-bond acceptors (Lipinski definition) is 2. The fraction of sp³-hybridized carbons (Fsp3) is 0.455. The molecule has 25 heavy (non-hydrogen) atoms. The van der Waals surface area contributed by atoms with Crippen molar-refractivity contribution in [2.24, 2.45) is 5.92 Å². The molecular weight excluding hydrogens is 315 g/mol. The van der Waals surface area contributed by atoms with E-state index in [-0.39, 0.29) is 11.6 Å². The first-order chi connectivity index (χ1) is 12.2. The highest BCUT2D eigenvalue weighted by Crippen LogP contribution is 2.39. The van der Waals surface area contributed by atoms with E-state index in [1.807, 2.05) is 6.07 Å². The van der Waals surface area contributed by atoms with Crippen LogP contribution in [0.25, 0.3) is 0 Å². The molecular formula is C22H27FO2. The van der Waals surface area contributed by atoms with Crippen LogP contribution < -0.4 is 9.47 Å². The maximum Gasteiger partial charge on any atom is 0.165 e. The molecule has 2 atom stereocenters. The summed E-state index contributed by atoms with van der Waals surface area (Å²) in [6.07, 6.45) is 5.95. The molecule has 2 nitrogen and oxygen atoms in total. The molecule has 3 heteroatoms. The Balaban J connectivity index is 1.50. The molecule has 0 aliphatic heterocycles. The van der Waals surface area contributed by atoms with Gasteiger partial charge in [0.1, 0.15) is 5.75 Å². The Bertz CT molecular complexity index is 681. The average Bonchev–Trinajstić information content (AvgIpc) is 3.12. The third-order valence-electron chi connectivity index (χ3n) is 5.35. The molecule has 0 heterocycles. The lowest BCUT2D eigenvalue weighted by molar-refractivity contribution is 0.321. The summed E-state index contributed by atoms with van der Waals surface area (Å²) in [6, 6.07) is 13.6. The minimum Gasteiger partial charge on any atom is -0.494 e. The van der Waals surface area contributed by atoms with E-state index in [1.54, 1.807) is 6.07 Å². The number of benzene rings is 2. The van der Waals surface area contributed by atoms with Gasteiger partial charge in [-0.2, -0.15) is 0 Å². The first-order valence-electron chi connectivity index (χ1n) is 9.24. The molecule has 2 aromatic rings. The monoisotopic (exact) mass is 342 g/mol. The summed E-state index contributed by atoms with van der Waals surface area (Å²) in [7, 11) is 1.47. The smallest absolute Gasteiger partial charge is 0.165 e. The maximum absolute atomic E-state index is 13.7. The van der Waals surface area contributed by atoms with Crippen LogP contribution in [0, 0.1) is 11.7 Å². The van der Waals surface area contributed by atoms with Gasteiger partial charge in [0.25, 0.3) is 0 Å². The van der Waals surface area contributed by atoms with Crippen molar-refractivity contribution in [3.63, 3.8) is 0 Å². The molecule has 2 aromatic carbocycles. The van der Waals surface area contributed by atoms with Gasteiger partial charge in [0.15, 0.2) is 11.6 Å². The highest BCUT2D eigenvalue weighted by atomic mass is 19.1. The maximum atomic E-state index is 13.7. The molecule has 0 bridgehead atoms. The first-order valence-corrected chi connectivity index (χ1v) is 9.24. The molecule has 1 saturated carbocycles. The van der Waals surface area contributed by atoms with E-state index in [2.05, 4.69) is 31.2 Å². The van der Waals surface area contributed by atoms with Crippen LogP contribution in [0.1, 0.15) is 49.7 Å². The Labute approximate surface area is 150 Å². The van der Waals surface area contributed by atoms with Crippen molar-refractivity contribution in [3.05, 3.63) is 59.4 Å². The van der Waals surface area contributed by atoms with Crippen molar-refractivity contribution in [3.8, 4) is 11.5 Å². The van der Waals surface area contributed by atoms with Crippen LogP contribution in [0.4, 0.5) is 4.39 Å². The minimum absolute atomic E-state index is 0.275. The SMILES string of the molecule is CC[C@H]1CCC(c2ccc(OCCc3ccc(OC)c(F)c3)cc2)C1. The third-order valence-corrected chi connectivity index (χ3v) is 5.35. The molecule has 1 aliphatic carbocycles. The van der Waals surface area contributed by atoms with Crippen molar-refractivity contribution >= 4 is 0 Å². The largest absolute Gasteiger partial charge is 0.494 e. The minimum atomic E-state index is -0.328. The Kier molecular flexibility index (Phi) is 5.95. The van der Waals surface area contributed by atoms with Gasteiger partial charge in [0, 0.05) is 6.42 Å². The molecule has 0 aromatic heterocycles. The first kappa shape index (κ1) is 17.8. The Hall–Kier alpha value is -2.03. The number of hydrogen-bond donors (Lipinski definition) is 0. The van der Waals surface area contributed by atoms with Crippen LogP contribution in [-0.4, -0.2) is 13.7 Å². The molecule has 0 saturated heterocycles. The Morgan fingerprint density at radius 1 is 1.08 bits per heavy atom. The second-order valence-electron chi connectivity index (χ2n) is 6.92. The zero-order valence-corrected chi connectivity index (χ0v) is 15.1. The van der Waals surface area contributed by atoms with Crippen molar-refractivity contribution in [1.29, 1.82) is 0 Å². The van der Waals surface area contributed by atoms with Crippen molar-refractivity contribution < 1.29 is 13.9 Å². The number of halogens is 1. The van der Waals surface area contributed by atoms with E-state index in [4.69, 9.17) is 9.47 Å². The molecule has 3 rings (SSSR count). The summed E-state index contributed by atoms with van der Waals surface area (Å²) in [4.78, 5) is 0. The van der Waals surface area contributed by atoms with Gasteiger partial charge >= 0.3 is 0 Å². The van der Waals surface area contributed by atoms with Crippen molar-refractivity contribution in [2.45, 2.75) is 44.9 Å². The van der Waals surface area contributed by atoms with Crippen LogP contribution in [0.15, 0.2) is 42.5 Å². The van der Waals surface area contributed by atoms with E-state index in [1.165, 1.54) is 44.4 Å². The van der Waals surface area contributed by atoms with Gasteiger partial charge in [0.2, 0.25) is 0 Å². The summed E-state index contributed by atoms with van der Waals surface area (Å²) in [6.45, 7) is 2.82. The quantitative estimate of drug-likeness (QED) is 0.638. The predicted octanol–water partition coefficient (Wildman–Crippen LogP) is 5.75. The topological polar surface area (TPSA) is 18.5 Å². The zero-order valence-electron chi connectivity index (χ0n) is 15.1. The fourth-order valence-corrected chi connectivity index (χ4v) is 3.74. The molecule has 1 aliphatic rings. The summed E-state index contributed by atoms with van der Waals surface area (Å²) in [5.41, 5.74) is 2.34.